The van der Waals surface area contributed by atoms with Gasteiger partial charge in [0.05, 0.1) is 10.7 Å². The molecule has 0 saturated heterocycles. The molecule has 0 atom stereocenters. The summed E-state index contributed by atoms with van der Waals surface area (Å²) in [6.07, 6.45) is 0. The monoisotopic (exact) mass is 170 g/mol. The fourth-order valence-corrected chi connectivity index (χ4v) is 1.03. The number of aromatic nitrogens is 1. The summed E-state index contributed by atoms with van der Waals surface area (Å²) in [5, 5.41) is 3.59. The molecule has 0 fully saturated rings. The second-order valence-electron chi connectivity index (χ2n) is 1.38. The normalized spacial score (nSPS) is 8.40. The number of rotatable bonds is 1. The van der Waals surface area contributed by atoms with E-state index in [0.717, 1.165) is 0 Å². The average Bonchev–Trinajstić information content (AvgIpc) is 2.38. The van der Waals surface area contributed by atoms with E-state index in [9.17, 15) is 4.79 Å². The Hall–Kier alpha value is -0.900. The highest BCUT2D eigenvalue weighted by Crippen LogP contribution is 2.01. The lowest BCUT2D eigenvalue weighted by Gasteiger charge is -1.79. The minimum atomic E-state index is -0.434. The van der Waals surface area contributed by atoms with Gasteiger partial charge < -0.3 is 0 Å². The molecule has 1 amide bonds. The van der Waals surface area contributed by atoms with Crippen molar-refractivity contribution >= 4 is 34.6 Å². The number of isothiocyanates is 1. The van der Waals surface area contributed by atoms with Gasteiger partial charge in [-0.25, -0.2) is 4.98 Å². The van der Waals surface area contributed by atoms with Gasteiger partial charge in [0, 0.05) is 5.38 Å². The van der Waals surface area contributed by atoms with Crippen molar-refractivity contribution in [2.75, 3.05) is 0 Å². The van der Waals surface area contributed by atoms with Crippen molar-refractivity contribution < 1.29 is 4.79 Å². The molecule has 3 nitrogen and oxygen atoms in total. The zero-order chi connectivity index (χ0) is 7.40. The molecule has 5 heteroatoms. The van der Waals surface area contributed by atoms with Crippen molar-refractivity contribution in [2.45, 2.75) is 0 Å². The number of hydrogen-bond acceptors (Lipinski definition) is 4. The largest absolute Gasteiger partial charge is 0.305 e. The Morgan fingerprint density at radius 1 is 1.90 bits per heavy atom. The average molecular weight is 170 g/mol. The predicted octanol–water partition coefficient (Wildman–Crippen LogP) is 1.39. The summed E-state index contributed by atoms with van der Waals surface area (Å²) in [6, 6.07) is 0. The lowest BCUT2D eigenvalue weighted by molar-refractivity contribution is 0.1000. The maximum atomic E-state index is 10.8. The lowest BCUT2D eigenvalue weighted by Crippen LogP contribution is -1.92. The maximum absolute atomic E-state index is 10.8. The Balaban J connectivity index is 2.87. The van der Waals surface area contributed by atoms with E-state index in [4.69, 9.17) is 0 Å². The van der Waals surface area contributed by atoms with Crippen LogP contribution in [0.15, 0.2) is 15.9 Å². The second-order valence-corrected chi connectivity index (χ2v) is 2.28. The minimum absolute atomic E-state index is 0.322. The lowest BCUT2D eigenvalue weighted by atomic mass is 10.5. The molecule has 0 N–H and O–H groups in total. The predicted molar refractivity (Wildman–Crippen MR) is 41.5 cm³/mol. The zero-order valence-corrected chi connectivity index (χ0v) is 6.41. The third kappa shape index (κ3) is 1.54. The summed E-state index contributed by atoms with van der Waals surface area (Å²) in [4.78, 5) is 17.7. The first-order valence-corrected chi connectivity index (χ1v) is 3.70. The molecule has 0 aliphatic carbocycles. The van der Waals surface area contributed by atoms with Crippen molar-refractivity contribution in [1.82, 2.24) is 4.98 Å². The molecule has 0 bridgehead atoms. The smallest absolute Gasteiger partial charge is 0.264 e. The van der Waals surface area contributed by atoms with Crippen LogP contribution in [0.5, 0.6) is 0 Å². The fourth-order valence-electron chi connectivity index (χ4n) is 0.417. The van der Waals surface area contributed by atoms with Crippen LogP contribution in [0.4, 0.5) is 0 Å². The number of thiocarbonyl (C=S) groups is 1. The van der Waals surface area contributed by atoms with Gasteiger partial charge in [-0.1, -0.05) is 0 Å². The highest BCUT2D eigenvalue weighted by atomic mass is 32.1. The fraction of sp³-hybridized carbons (Fsp3) is 0. The molecule has 1 aromatic rings. The van der Waals surface area contributed by atoms with Gasteiger partial charge in [-0.3, -0.25) is 4.79 Å². The summed E-state index contributed by atoms with van der Waals surface area (Å²) >= 11 is 5.58. The maximum Gasteiger partial charge on any atom is 0.305 e. The molecule has 0 aliphatic rings. The van der Waals surface area contributed by atoms with Crippen LogP contribution in [0.3, 0.4) is 0 Å². The molecule has 10 heavy (non-hydrogen) atoms. The number of amides is 1. The van der Waals surface area contributed by atoms with Crippen LogP contribution in [0, 0.1) is 0 Å². The molecule has 50 valence electrons. The minimum Gasteiger partial charge on any atom is -0.264 e. The number of carbonyl (C=O) groups excluding carboxylic acids is 1. The van der Waals surface area contributed by atoms with Crippen LogP contribution >= 0.6 is 23.6 Å². The first kappa shape index (κ1) is 7.21. The molecule has 1 heterocycles. The zero-order valence-electron chi connectivity index (χ0n) is 4.77. The Morgan fingerprint density at radius 2 is 2.70 bits per heavy atom. The van der Waals surface area contributed by atoms with E-state index in [-0.39, 0.29) is 0 Å². The van der Waals surface area contributed by atoms with Crippen molar-refractivity contribution in [3.8, 4) is 0 Å². The first-order chi connectivity index (χ1) is 4.84. The van der Waals surface area contributed by atoms with Crippen LogP contribution in [0.1, 0.15) is 10.5 Å². The molecule has 0 spiro atoms. The summed E-state index contributed by atoms with van der Waals surface area (Å²) < 4.78 is 0. The molecule has 1 rings (SSSR count). The van der Waals surface area contributed by atoms with Crippen molar-refractivity contribution in [2.24, 2.45) is 4.99 Å². The molecular formula is C5H2N2OS2. The molecule has 0 aromatic carbocycles. The third-order valence-corrected chi connectivity index (χ3v) is 1.48. The highest BCUT2D eigenvalue weighted by molar-refractivity contribution is 7.78. The Kier molecular flexibility index (Phi) is 2.39. The summed E-state index contributed by atoms with van der Waals surface area (Å²) in [5.74, 6) is -0.434. The van der Waals surface area contributed by atoms with Crippen molar-refractivity contribution in [3.05, 3.63) is 16.6 Å². The molecule has 0 radical (unpaired) electrons. The van der Waals surface area contributed by atoms with E-state index >= 15 is 0 Å². The summed E-state index contributed by atoms with van der Waals surface area (Å²) in [6.45, 7) is 0. The van der Waals surface area contributed by atoms with E-state index in [1.807, 2.05) is 5.16 Å². The quantitative estimate of drug-likeness (QED) is 0.472. The van der Waals surface area contributed by atoms with Gasteiger partial charge in [-0.05, 0) is 12.2 Å². The summed E-state index contributed by atoms with van der Waals surface area (Å²) in [7, 11) is 0. The Labute approximate surface area is 66.4 Å². The van der Waals surface area contributed by atoms with E-state index < -0.39 is 5.91 Å². The van der Waals surface area contributed by atoms with Crippen molar-refractivity contribution in [1.29, 1.82) is 0 Å². The number of carbonyl (C=O) groups is 1. The van der Waals surface area contributed by atoms with Gasteiger partial charge in [0.25, 0.3) is 0 Å². The molecule has 0 saturated carbocycles. The van der Waals surface area contributed by atoms with Gasteiger partial charge in [0.1, 0.15) is 5.69 Å². The topological polar surface area (TPSA) is 42.3 Å². The SMILES string of the molecule is O=C(N=C=S)c1cscn1. The van der Waals surface area contributed by atoms with Crippen LogP contribution in [-0.4, -0.2) is 16.1 Å². The first-order valence-electron chi connectivity index (χ1n) is 2.35. The molecule has 0 aliphatic heterocycles. The standard InChI is InChI=1S/C5H2N2OS2/c8-5(6-2-9)4-1-10-3-7-4/h1,3H. The van der Waals surface area contributed by atoms with Crippen LogP contribution in [0.2, 0.25) is 0 Å². The molecular weight excluding hydrogens is 168 g/mol. The summed E-state index contributed by atoms with van der Waals surface area (Å²) in [5.41, 5.74) is 1.88. The molecule has 1 aromatic heterocycles. The third-order valence-electron chi connectivity index (χ3n) is 0.799. The Morgan fingerprint density at radius 3 is 3.20 bits per heavy atom. The second kappa shape index (κ2) is 3.31. The number of nitrogens with zero attached hydrogens (tertiary/aromatic N) is 2. The van der Waals surface area contributed by atoms with Gasteiger partial charge in [-0.15, -0.1) is 11.3 Å². The van der Waals surface area contributed by atoms with Gasteiger partial charge in [0.15, 0.2) is 0 Å². The van der Waals surface area contributed by atoms with E-state index in [1.165, 1.54) is 11.3 Å². The van der Waals surface area contributed by atoms with Crippen LogP contribution < -0.4 is 0 Å². The molecule has 0 unspecified atom stereocenters. The van der Waals surface area contributed by atoms with Crippen LogP contribution in [0.25, 0.3) is 0 Å². The van der Waals surface area contributed by atoms with Gasteiger partial charge in [-0.2, -0.15) is 4.99 Å². The van der Waals surface area contributed by atoms with E-state index in [2.05, 4.69) is 22.2 Å². The number of hydrogen-bond donors (Lipinski definition) is 0. The Bertz CT molecular complexity index is 274. The van der Waals surface area contributed by atoms with Crippen LogP contribution in [-0.2, 0) is 0 Å². The highest BCUT2D eigenvalue weighted by Gasteiger charge is 2.03. The van der Waals surface area contributed by atoms with Crippen molar-refractivity contribution in [3.63, 3.8) is 0 Å². The number of aliphatic imine (C=N–C) groups is 1. The van der Waals surface area contributed by atoms with Gasteiger partial charge in [0.2, 0.25) is 0 Å². The van der Waals surface area contributed by atoms with E-state index in [1.54, 1.807) is 10.9 Å². The number of thiazole rings is 1. The van der Waals surface area contributed by atoms with E-state index in [0.29, 0.717) is 5.69 Å². The van der Waals surface area contributed by atoms with Gasteiger partial charge >= 0.3 is 5.91 Å².